The van der Waals surface area contributed by atoms with E-state index in [2.05, 4.69) is 4.90 Å². The van der Waals surface area contributed by atoms with Gasteiger partial charge in [0, 0.05) is 41.2 Å². The van der Waals surface area contributed by atoms with Gasteiger partial charge < -0.3 is 4.90 Å². The number of Topliss-reactive ketones (excluding diaryl/α,β-unsaturated/α-hetero) is 1. The molecule has 2 atom stereocenters. The largest absolute Gasteiger partial charge is 0.370 e. The van der Waals surface area contributed by atoms with Crippen LogP contribution in [0.5, 0.6) is 0 Å². The Morgan fingerprint density at radius 2 is 1.56 bits per heavy atom. The molecule has 0 aromatic heterocycles. The Labute approximate surface area is 163 Å². The Kier molecular flexibility index (Phi) is 4.95. The zero-order valence-electron chi connectivity index (χ0n) is 14.7. The zero-order valence-corrected chi connectivity index (χ0v) is 15.4. The van der Waals surface area contributed by atoms with Gasteiger partial charge in [0.2, 0.25) is 0 Å². The van der Waals surface area contributed by atoms with Crippen molar-refractivity contribution in [3.63, 3.8) is 0 Å². The summed E-state index contributed by atoms with van der Waals surface area (Å²) < 4.78 is 14.5. The quantitative estimate of drug-likeness (QED) is 0.551. The summed E-state index contributed by atoms with van der Waals surface area (Å²) >= 11 is 5.96. The van der Waals surface area contributed by atoms with Crippen LogP contribution in [0.15, 0.2) is 78.9 Å². The first-order valence-corrected chi connectivity index (χ1v) is 9.35. The average molecular weight is 380 g/mol. The first-order valence-electron chi connectivity index (χ1n) is 8.97. The molecular weight excluding hydrogens is 361 g/mol. The molecule has 0 aliphatic carbocycles. The third-order valence-electron chi connectivity index (χ3n) is 5.21. The van der Waals surface area contributed by atoms with Gasteiger partial charge in [0.1, 0.15) is 5.82 Å². The number of anilines is 1. The van der Waals surface area contributed by atoms with Crippen LogP contribution in [0.4, 0.5) is 10.1 Å². The molecule has 3 aromatic carbocycles. The SMILES string of the molecule is O=C(c1ccc(Cl)cc1)[C@H]1CN(c2ccccc2)C[C@H]1c1ccccc1F. The highest BCUT2D eigenvalue weighted by molar-refractivity contribution is 6.30. The molecule has 4 heteroatoms. The van der Waals surface area contributed by atoms with Crippen molar-refractivity contribution in [3.05, 3.63) is 101 Å². The fraction of sp³-hybridized carbons (Fsp3) is 0.174. The smallest absolute Gasteiger partial charge is 0.168 e. The van der Waals surface area contributed by atoms with Gasteiger partial charge in [-0.25, -0.2) is 4.39 Å². The van der Waals surface area contributed by atoms with Crippen LogP contribution in [-0.2, 0) is 0 Å². The third-order valence-corrected chi connectivity index (χ3v) is 5.46. The van der Waals surface area contributed by atoms with Gasteiger partial charge in [0.05, 0.1) is 0 Å². The highest BCUT2D eigenvalue weighted by atomic mass is 35.5. The lowest BCUT2D eigenvalue weighted by atomic mass is 9.83. The Morgan fingerprint density at radius 3 is 2.26 bits per heavy atom. The fourth-order valence-electron chi connectivity index (χ4n) is 3.84. The Balaban J connectivity index is 1.70. The maximum Gasteiger partial charge on any atom is 0.168 e. The third kappa shape index (κ3) is 3.60. The van der Waals surface area contributed by atoms with Crippen molar-refractivity contribution in [1.82, 2.24) is 0 Å². The lowest BCUT2D eigenvalue weighted by molar-refractivity contribution is 0.0921. The first kappa shape index (κ1) is 17.7. The number of carbonyl (C=O) groups is 1. The summed E-state index contributed by atoms with van der Waals surface area (Å²) in [5.41, 5.74) is 2.26. The Hall–Kier alpha value is -2.65. The van der Waals surface area contributed by atoms with E-state index in [4.69, 9.17) is 11.6 Å². The molecule has 3 aromatic rings. The van der Waals surface area contributed by atoms with E-state index in [1.165, 1.54) is 6.07 Å². The summed E-state index contributed by atoms with van der Waals surface area (Å²) in [5.74, 6) is -0.748. The number of para-hydroxylation sites is 1. The minimum atomic E-state index is -0.316. The van der Waals surface area contributed by atoms with Crippen LogP contribution in [0.1, 0.15) is 21.8 Å². The van der Waals surface area contributed by atoms with Crippen molar-refractivity contribution in [2.24, 2.45) is 5.92 Å². The van der Waals surface area contributed by atoms with Gasteiger partial charge in [0.25, 0.3) is 0 Å². The number of hydrogen-bond donors (Lipinski definition) is 0. The maximum absolute atomic E-state index is 14.5. The normalized spacial score (nSPS) is 19.3. The monoisotopic (exact) mass is 379 g/mol. The van der Waals surface area contributed by atoms with Crippen LogP contribution in [0.25, 0.3) is 0 Å². The molecule has 1 fully saturated rings. The maximum atomic E-state index is 14.5. The first-order chi connectivity index (χ1) is 13.1. The van der Waals surface area contributed by atoms with Crippen LogP contribution < -0.4 is 4.90 Å². The molecule has 1 heterocycles. The highest BCUT2D eigenvalue weighted by Gasteiger charge is 2.39. The molecule has 1 aliphatic heterocycles. The summed E-state index contributed by atoms with van der Waals surface area (Å²) in [6, 6.07) is 23.6. The minimum absolute atomic E-state index is 0.0263. The number of nitrogens with zero attached hydrogens (tertiary/aromatic N) is 1. The molecule has 0 spiro atoms. The van der Waals surface area contributed by atoms with Crippen LogP contribution in [0.2, 0.25) is 5.02 Å². The summed E-state index contributed by atoms with van der Waals surface area (Å²) in [4.78, 5) is 15.4. The molecular formula is C23H19ClFNO. The van der Waals surface area contributed by atoms with Crippen LogP contribution >= 0.6 is 11.6 Å². The molecule has 27 heavy (non-hydrogen) atoms. The second-order valence-corrected chi connectivity index (χ2v) is 7.28. The van der Waals surface area contributed by atoms with E-state index in [0.717, 1.165) is 5.69 Å². The number of ketones is 1. The number of rotatable bonds is 4. The van der Waals surface area contributed by atoms with Crippen molar-refractivity contribution in [3.8, 4) is 0 Å². The topological polar surface area (TPSA) is 20.3 Å². The lowest BCUT2D eigenvalue weighted by Crippen LogP contribution is -2.23. The molecule has 0 saturated carbocycles. The van der Waals surface area contributed by atoms with Gasteiger partial charge in [-0.3, -0.25) is 4.79 Å². The van der Waals surface area contributed by atoms with E-state index < -0.39 is 0 Å². The van der Waals surface area contributed by atoms with Crippen molar-refractivity contribution in [2.75, 3.05) is 18.0 Å². The summed E-state index contributed by atoms with van der Waals surface area (Å²) in [6.07, 6.45) is 0. The van der Waals surface area contributed by atoms with Crippen molar-refractivity contribution in [1.29, 1.82) is 0 Å². The van der Waals surface area contributed by atoms with Crippen molar-refractivity contribution >= 4 is 23.1 Å². The molecule has 1 aliphatic rings. The Bertz CT molecular complexity index is 942. The van der Waals surface area contributed by atoms with Crippen molar-refractivity contribution < 1.29 is 9.18 Å². The molecule has 0 unspecified atom stereocenters. The molecule has 136 valence electrons. The Morgan fingerprint density at radius 1 is 0.889 bits per heavy atom. The summed E-state index contributed by atoms with van der Waals surface area (Å²) in [7, 11) is 0. The van der Waals surface area contributed by atoms with E-state index in [9.17, 15) is 9.18 Å². The standard InChI is InChI=1S/C23H19ClFNO/c24-17-12-10-16(11-13-17)23(27)21-15-26(18-6-2-1-3-7-18)14-20(21)19-8-4-5-9-22(19)25/h1-13,20-21H,14-15H2/t20-,21-/m0/s1. The van der Waals surface area contributed by atoms with Crippen LogP contribution in [0.3, 0.4) is 0 Å². The van der Waals surface area contributed by atoms with Gasteiger partial charge in [-0.2, -0.15) is 0 Å². The molecule has 0 amide bonds. The molecule has 0 bridgehead atoms. The molecule has 1 saturated heterocycles. The second kappa shape index (κ2) is 7.53. The van der Waals surface area contributed by atoms with E-state index in [-0.39, 0.29) is 23.4 Å². The predicted molar refractivity (Wildman–Crippen MR) is 107 cm³/mol. The van der Waals surface area contributed by atoms with E-state index in [1.807, 2.05) is 36.4 Å². The minimum Gasteiger partial charge on any atom is -0.370 e. The zero-order chi connectivity index (χ0) is 18.8. The van der Waals surface area contributed by atoms with Crippen molar-refractivity contribution in [2.45, 2.75) is 5.92 Å². The lowest BCUT2D eigenvalue weighted by Gasteiger charge is -2.18. The molecule has 0 radical (unpaired) electrons. The predicted octanol–water partition coefficient (Wildman–Crippen LogP) is 5.58. The number of benzene rings is 3. The molecule has 4 rings (SSSR count). The summed E-state index contributed by atoms with van der Waals surface area (Å²) in [6.45, 7) is 1.17. The van der Waals surface area contributed by atoms with Gasteiger partial charge in [-0.15, -0.1) is 0 Å². The fourth-order valence-corrected chi connectivity index (χ4v) is 3.96. The summed E-state index contributed by atoms with van der Waals surface area (Å²) in [5, 5.41) is 0.592. The van der Waals surface area contributed by atoms with Crippen LogP contribution in [-0.4, -0.2) is 18.9 Å². The van der Waals surface area contributed by atoms with Gasteiger partial charge >= 0.3 is 0 Å². The average Bonchev–Trinajstić information content (AvgIpc) is 3.14. The van der Waals surface area contributed by atoms with E-state index in [0.29, 0.717) is 29.2 Å². The molecule has 0 N–H and O–H groups in total. The number of carbonyl (C=O) groups excluding carboxylic acids is 1. The molecule has 2 nitrogen and oxygen atoms in total. The number of halogens is 2. The van der Waals surface area contributed by atoms with Crippen LogP contribution in [0, 0.1) is 11.7 Å². The van der Waals surface area contributed by atoms with Gasteiger partial charge in [-0.05, 0) is 48.0 Å². The second-order valence-electron chi connectivity index (χ2n) is 6.85. The van der Waals surface area contributed by atoms with E-state index in [1.54, 1.807) is 36.4 Å². The number of hydrogen-bond acceptors (Lipinski definition) is 2. The highest BCUT2D eigenvalue weighted by Crippen LogP contribution is 2.38. The van der Waals surface area contributed by atoms with Gasteiger partial charge in [0.15, 0.2) is 5.78 Å². The van der Waals surface area contributed by atoms with E-state index >= 15 is 0 Å². The van der Waals surface area contributed by atoms with Gasteiger partial charge in [-0.1, -0.05) is 48.0 Å².